The van der Waals surface area contributed by atoms with E-state index in [1.807, 2.05) is 11.8 Å². The molecule has 2 aromatic rings. The van der Waals surface area contributed by atoms with E-state index in [1.54, 1.807) is 17.8 Å². The van der Waals surface area contributed by atoms with E-state index in [0.717, 1.165) is 18.9 Å². The Balaban J connectivity index is 2.08. The number of hydrogen-bond acceptors (Lipinski definition) is 4. The monoisotopic (exact) mass is 353 g/mol. The fraction of sp³-hybridized carbons (Fsp3) is 0.588. The minimum Gasteiger partial charge on any atom is -0.341 e. The SMILES string of the molecule is CCn1cc(-c2cc(C(F)(F)F)nc(N3CCC[C@H](C)C3)n2)c(C)n1. The van der Waals surface area contributed by atoms with Crippen LogP contribution in [0.25, 0.3) is 11.3 Å². The average Bonchev–Trinajstić information content (AvgIpc) is 2.95. The molecule has 5 nitrogen and oxygen atoms in total. The second-order valence-electron chi connectivity index (χ2n) is 6.61. The molecule has 1 fully saturated rings. The first-order valence-corrected chi connectivity index (χ1v) is 8.53. The molecule has 0 bridgehead atoms. The summed E-state index contributed by atoms with van der Waals surface area (Å²) >= 11 is 0. The Morgan fingerprint density at radius 3 is 2.64 bits per heavy atom. The zero-order chi connectivity index (χ0) is 18.2. The summed E-state index contributed by atoms with van der Waals surface area (Å²) in [6, 6.07) is 1.01. The van der Waals surface area contributed by atoms with Gasteiger partial charge in [0, 0.05) is 31.4 Å². The topological polar surface area (TPSA) is 46.8 Å². The number of alkyl halides is 3. The van der Waals surface area contributed by atoms with E-state index < -0.39 is 11.9 Å². The summed E-state index contributed by atoms with van der Waals surface area (Å²) in [5.74, 6) is 0.569. The molecule has 1 aliphatic rings. The molecule has 1 saturated heterocycles. The van der Waals surface area contributed by atoms with Crippen molar-refractivity contribution in [2.24, 2.45) is 5.92 Å². The Hall–Kier alpha value is -2.12. The maximum absolute atomic E-state index is 13.3. The summed E-state index contributed by atoms with van der Waals surface area (Å²) < 4.78 is 41.7. The molecule has 0 amide bonds. The molecular formula is C17H22F3N5. The molecule has 3 rings (SSSR count). The molecule has 2 aromatic heterocycles. The van der Waals surface area contributed by atoms with Gasteiger partial charge < -0.3 is 4.90 Å². The lowest BCUT2D eigenvalue weighted by Gasteiger charge is -2.31. The highest BCUT2D eigenvalue weighted by atomic mass is 19.4. The molecule has 0 aromatic carbocycles. The van der Waals surface area contributed by atoms with Gasteiger partial charge in [0.05, 0.1) is 11.4 Å². The summed E-state index contributed by atoms with van der Waals surface area (Å²) in [5, 5.41) is 4.31. The lowest BCUT2D eigenvalue weighted by Crippen LogP contribution is -2.36. The maximum atomic E-state index is 13.3. The van der Waals surface area contributed by atoms with Crippen LogP contribution < -0.4 is 4.90 Å². The fourth-order valence-electron chi connectivity index (χ4n) is 3.16. The van der Waals surface area contributed by atoms with Gasteiger partial charge in [-0.15, -0.1) is 0 Å². The molecule has 0 N–H and O–H groups in total. The van der Waals surface area contributed by atoms with E-state index in [2.05, 4.69) is 22.0 Å². The van der Waals surface area contributed by atoms with Gasteiger partial charge in [-0.3, -0.25) is 4.68 Å². The molecule has 0 aliphatic carbocycles. The Morgan fingerprint density at radius 2 is 2.04 bits per heavy atom. The van der Waals surface area contributed by atoms with Crippen LogP contribution in [0.15, 0.2) is 12.3 Å². The van der Waals surface area contributed by atoms with E-state index in [1.165, 1.54) is 0 Å². The number of rotatable bonds is 3. The normalized spacial score (nSPS) is 18.6. The number of hydrogen-bond donors (Lipinski definition) is 0. The van der Waals surface area contributed by atoms with E-state index >= 15 is 0 Å². The molecule has 0 spiro atoms. The van der Waals surface area contributed by atoms with Crippen molar-refractivity contribution in [2.75, 3.05) is 18.0 Å². The number of aryl methyl sites for hydroxylation is 2. The van der Waals surface area contributed by atoms with Gasteiger partial charge in [0.2, 0.25) is 5.95 Å². The van der Waals surface area contributed by atoms with Gasteiger partial charge in [0.15, 0.2) is 5.69 Å². The molecule has 3 heterocycles. The van der Waals surface area contributed by atoms with Gasteiger partial charge >= 0.3 is 6.18 Å². The van der Waals surface area contributed by atoms with E-state index in [0.29, 0.717) is 36.8 Å². The van der Waals surface area contributed by atoms with Crippen LogP contribution in [-0.2, 0) is 12.7 Å². The standard InChI is InChI=1S/C17H22F3N5/c1-4-25-10-13(12(3)23-25)14-8-15(17(18,19)20)22-16(21-14)24-7-5-6-11(2)9-24/h8,10-11H,4-7,9H2,1-3H3/t11-/m0/s1. The smallest absolute Gasteiger partial charge is 0.341 e. The summed E-state index contributed by atoms with van der Waals surface area (Å²) in [5.41, 5.74) is 0.634. The van der Waals surface area contributed by atoms with Gasteiger partial charge in [-0.05, 0) is 38.7 Å². The number of anilines is 1. The molecule has 0 radical (unpaired) electrons. The van der Waals surface area contributed by atoms with Gasteiger partial charge in [0.1, 0.15) is 0 Å². The minimum atomic E-state index is -4.51. The Labute approximate surface area is 144 Å². The summed E-state index contributed by atoms with van der Waals surface area (Å²) in [6.45, 7) is 7.80. The van der Waals surface area contributed by atoms with Crippen LogP contribution in [0.4, 0.5) is 19.1 Å². The largest absolute Gasteiger partial charge is 0.433 e. The Morgan fingerprint density at radius 1 is 1.28 bits per heavy atom. The molecule has 25 heavy (non-hydrogen) atoms. The minimum absolute atomic E-state index is 0.153. The first-order chi connectivity index (χ1) is 11.8. The van der Waals surface area contributed by atoms with Crippen molar-refractivity contribution in [3.05, 3.63) is 23.7 Å². The van der Waals surface area contributed by atoms with Crippen LogP contribution in [0, 0.1) is 12.8 Å². The van der Waals surface area contributed by atoms with Crippen molar-refractivity contribution in [1.29, 1.82) is 0 Å². The van der Waals surface area contributed by atoms with Crippen molar-refractivity contribution in [2.45, 2.75) is 46.3 Å². The van der Waals surface area contributed by atoms with Crippen molar-refractivity contribution in [3.63, 3.8) is 0 Å². The highest BCUT2D eigenvalue weighted by molar-refractivity contribution is 5.63. The first-order valence-electron chi connectivity index (χ1n) is 8.53. The Bertz CT molecular complexity index is 753. The number of piperidine rings is 1. The number of aromatic nitrogens is 4. The second kappa shape index (κ2) is 6.65. The molecule has 1 atom stereocenters. The third kappa shape index (κ3) is 3.77. The molecule has 0 saturated carbocycles. The van der Waals surface area contributed by atoms with Crippen LogP contribution in [0.2, 0.25) is 0 Å². The van der Waals surface area contributed by atoms with Crippen LogP contribution in [0.3, 0.4) is 0 Å². The van der Waals surface area contributed by atoms with Crippen LogP contribution in [0.5, 0.6) is 0 Å². The number of nitrogens with zero attached hydrogens (tertiary/aromatic N) is 5. The predicted molar refractivity (Wildman–Crippen MR) is 89.3 cm³/mol. The van der Waals surface area contributed by atoms with E-state index in [-0.39, 0.29) is 11.6 Å². The van der Waals surface area contributed by atoms with Gasteiger partial charge in [-0.1, -0.05) is 6.92 Å². The van der Waals surface area contributed by atoms with Gasteiger partial charge in [0.25, 0.3) is 0 Å². The highest BCUT2D eigenvalue weighted by Gasteiger charge is 2.35. The number of halogens is 3. The molecule has 136 valence electrons. The van der Waals surface area contributed by atoms with Crippen molar-refractivity contribution >= 4 is 5.95 Å². The quantitative estimate of drug-likeness (QED) is 0.839. The summed E-state index contributed by atoms with van der Waals surface area (Å²) in [4.78, 5) is 10.1. The van der Waals surface area contributed by atoms with Crippen LogP contribution in [0.1, 0.15) is 38.1 Å². The fourth-order valence-corrected chi connectivity index (χ4v) is 3.16. The lowest BCUT2D eigenvalue weighted by atomic mass is 10.0. The first kappa shape index (κ1) is 17.7. The third-order valence-electron chi connectivity index (χ3n) is 4.49. The molecule has 1 aliphatic heterocycles. The maximum Gasteiger partial charge on any atom is 0.433 e. The lowest BCUT2D eigenvalue weighted by molar-refractivity contribution is -0.141. The Kier molecular flexibility index (Phi) is 4.71. The average molecular weight is 353 g/mol. The van der Waals surface area contributed by atoms with Crippen LogP contribution >= 0.6 is 0 Å². The van der Waals surface area contributed by atoms with Gasteiger partial charge in [-0.25, -0.2) is 9.97 Å². The third-order valence-corrected chi connectivity index (χ3v) is 4.49. The van der Waals surface area contributed by atoms with Crippen LogP contribution in [-0.4, -0.2) is 32.8 Å². The molecular weight excluding hydrogens is 331 g/mol. The zero-order valence-corrected chi connectivity index (χ0v) is 14.6. The van der Waals surface area contributed by atoms with Crippen molar-refractivity contribution in [3.8, 4) is 11.3 Å². The van der Waals surface area contributed by atoms with Crippen molar-refractivity contribution in [1.82, 2.24) is 19.7 Å². The summed E-state index contributed by atoms with van der Waals surface area (Å²) in [6.07, 6.45) is -0.767. The second-order valence-corrected chi connectivity index (χ2v) is 6.61. The summed E-state index contributed by atoms with van der Waals surface area (Å²) in [7, 11) is 0. The molecule has 8 heteroatoms. The zero-order valence-electron chi connectivity index (χ0n) is 14.6. The van der Waals surface area contributed by atoms with E-state index in [9.17, 15) is 13.2 Å². The van der Waals surface area contributed by atoms with E-state index in [4.69, 9.17) is 0 Å². The predicted octanol–water partition coefficient (Wildman–Crippen LogP) is 3.92. The van der Waals surface area contributed by atoms with Crippen molar-refractivity contribution < 1.29 is 13.2 Å². The molecule has 0 unspecified atom stereocenters. The highest BCUT2D eigenvalue weighted by Crippen LogP contribution is 2.33. The van der Waals surface area contributed by atoms with Gasteiger partial charge in [-0.2, -0.15) is 18.3 Å².